The van der Waals surface area contributed by atoms with E-state index in [-0.39, 0.29) is 0 Å². The van der Waals surface area contributed by atoms with E-state index in [0.717, 1.165) is 27.5 Å². The molecule has 67 heavy (non-hydrogen) atoms. The van der Waals surface area contributed by atoms with Crippen molar-refractivity contribution in [2.45, 2.75) is 5.41 Å². The average molecular weight is 850 g/mol. The highest BCUT2D eigenvalue weighted by molar-refractivity contribution is 6.24. The van der Waals surface area contributed by atoms with Crippen molar-refractivity contribution in [3.05, 3.63) is 259 Å². The maximum Gasteiger partial charge on any atom is 0.164 e. The van der Waals surface area contributed by atoms with E-state index >= 15 is 0 Å². The van der Waals surface area contributed by atoms with Crippen molar-refractivity contribution in [1.82, 2.24) is 15.0 Å². The van der Waals surface area contributed by atoms with Gasteiger partial charge in [-0.2, -0.15) is 0 Å². The van der Waals surface area contributed by atoms with Crippen LogP contribution in [0.3, 0.4) is 0 Å². The van der Waals surface area contributed by atoms with Gasteiger partial charge < -0.3 is 0 Å². The topological polar surface area (TPSA) is 38.7 Å². The minimum Gasteiger partial charge on any atom is -0.208 e. The first-order chi connectivity index (χ1) is 33.3. The summed E-state index contributed by atoms with van der Waals surface area (Å²) in [5.74, 6) is 1.94. The monoisotopic (exact) mass is 849 g/mol. The van der Waals surface area contributed by atoms with Gasteiger partial charge in [-0.3, -0.25) is 0 Å². The van der Waals surface area contributed by atoms with Crippen molar-refractivity contribution in [2.75, 3.05) is 0 Å². The van der Waals surface area contributed by atoms with Crippen LogP contribution in [0.5, 0.6) is 0 Å². The summed E-state index contributed by atoms with van der Waals surface area (Å²) in [6.45, 7) is 0. The molecule has 1 heterocycles. The van der Waals surface area contributed by atoms with Crippen LogP contribution in [0.2, 0.25) is 0 Å². The molecule has 0 fully saturated rings. The second-order valence-electron chi connectivity index (χ2n) is 17.7. The lowest BCUT2D eigenvalue weighted by atomic mass is 9.70. The van der Waals surface area contributed by atoms with Crippen molar-refractivity contribution in [3.8, 4) is 78.7 Å². The summed E-state index contributed by atoms with van der Waals surface area (Å²) in [5, 5.41) is 7.09. The van der Waals surface area contributed by atoms with Crippen LogP contribution >= 0.6 is 0 Å². The molecule has 0 unspecified atom stereocenters. The first-order valence-corrected chi connectivity index (χ1v) is 23.0. The minimum absolute atomic E-state index is 0.427. The van der Waals surface area contributed by atoms with Crippen LogP contribution in [-0.4, -0.2) is 15.0 Å². The normalized spacial score (nSPS) is 12.9. The predicted molar refractivity (Wildman–Crippen MR) is 276 cm³/mol. The number of fused-ring (bicyclic) bond motifs is 13. The highest BCUT2D eigenvalue weighted by Gasteiger charge is 2.51. The second-order valence-corrected chi connectivity index (χ2v) is 17.7. The van der Waals surface area contributed by atoms with Crippen molar-refractivity contribution >= 4 is 32.3 Å². The Hall–Kier alpha value is -8.79. The average Bonchev–Trinajstić information content (AvgIpc) is 3.87. The summed E-state index contributed by atoms with van der Waals surface area (Å²) in [5.41, 5.74) is 17.9. The van der Waals surface area contributed by atoms with Crippen molar-refractivity contribution in [3.63, 3.8) is 0 Å². The lowest BCUT2D eigenvalue weighted by molar-refractivity contribution is 0.794. The number of nitrogens with zero attached hydrogens (tertiary/aromatic N) is 3. The molecule has 14 rings (SSSR count). The zero-order valence-corrected chi connectivity index (χ0v) is 36.4. The van der Waals surface area contributed by atoms with Crippen LogP contribution in [-0.2, 0) is 5.41 Å². The van der Waals surface area contributed by atoms with Gasteiger partial charge in [0, 0.05) is 16.7 Å². The molecule has 0 amide bonds. The zero-order valence-electron chi connectivity index (χ0n) is 36.4. The standard InChI is InChI=1S/C64H39N3/c1-3-19-40(20-4-1)61-65-62(41-21-5-2-6-22-41)67-63(66-61)54-38-37-53(43-23-7-8-24-44(43)54)60-51-30-11-9-28-49(51)59(50-29-10-12-31-52(50)60)42-35-36-48-47-27-15-18-34-57(47)64(58(48)39-42)55-32-16-13-25-45(55)46-26-14-17-33-56(46)64/h1-39H. The summed E-state index contributed by atoms with van der Waals surface area (Å²) in [6.07, 6.45) is 0. The molecule has 3 heteroatoms. The highest BCUT2D eigenvalue weighted by Crippen LogP contribution is 2.63. The summed E-state index contributed by atoms with van der Waals surface area (Å²) in [6, 6.07) is 86.0. The number of hydrogen-bond donors (Lipinski definition) is 0. The van der Waals surface area contributed by atoms with Gasteiger partial charge in [-0.15, -0.1) is 0 Å². The molecule has 0 atom stereocenters. The van der Waals surface area contributed by atoms with Crippen LogP contribution in [0, 0.1) is 0 Å². The number of hydrogen-bond acceptors (Lipinski definition) is 3. The Labute approximate surface area is 388 Å². The Morgan fingerprint density at radius 2 is 0.582 bits per heavy atom. The highest BCUT2D eigenvalue weighted by atomic mass is 15.0. The fourth-order valence-electron chi connectivity index (χ4n) is 11.6. The number of rotatable bonds is 5. The summed E-state index contributed by atoms with van der Waals surface area (Å²) < 4.78 is 0. The van der Waals surface area contributed by atoms with Crippen LogP contribution in [0.25, 0.3) is 111 Å². The molecule has 0 bridgehead atoms. The van der Waals surface area contributed by atoms with E-state index in [1.54, 1.807) is 0 Å². The molecule has 0 saturated heterocycles. The van der Waals surface area contributed by atoms with E-state index in [2.05, 4.69) is 200 Å². The Kier molecular flexibility index (Phi) is 8.20. The predicted octanol–water partition coefficient (Wildman–Crippen LogP) is 16.0. The third-order valence-corrected chi connectivity index (χ3v) is 14.4. The first-order valence-electron chi connectivity index (χ1n) is 23.0. The van der Waals surface area contributed by atoms with Gasteiger partial charge in [0.1, 0.15) is 0 Å². The molecule has 0 saturated carbocycles. The van der Waals surface area contributed by atoms with Gasteiger partial charge in [0.2, 0.25) is 0 Å². The molecule has 2 aliphatic carbocycles. The van der Waals surface area contributed by atoms with E-state index in [0.29, 0.717) is 17.5 Å². The zero-order chi connectivity index (χ0) is 44.1. The summed E-state index contributed by atoms with van der Waals surface area (Å²) >= 11 is 0. The van der Waals surface area contributed by atoms with Gasteiger partial charge in [0.15, 0.2) is 17.5 Å². The van der Waals surface area contributed by atoms with E-state index in [1.165, 1.54) is 88.3 Å². The maximum absolute atomic E-state index is 5.16. The molecular weight excluding hydrogens is 811 g/mol. The molecule has 310 valence electrons. The van der Waals surface area contributed by atoms with Crippen molar-refractivity contribution < 1.29 is 0 Å². The van der Waals surface area contributed by atoms with Crippen LogP contribution in [0.4, 0.5) is 0 Å². The molecule has 2 aliphatic rings. The van der Waals surface area contributed by atoms with E-state index in [4.69, 9.17) is 15.0 Å². The smallest absolute Gasteiger partial charge is 0.164 e. The largest absolute Gasteiger partial charge is 0.208 e. The summed E-state index contributed by atoms with van der Waals surface area (Å²) in [7, 11) is 0. The minimum atomic E-state index is -0.427. The molecular formula is C64H39N3. The van der Waals surface area contributed by atoms with Crippen LogP contribution in [0.1, 0.15) is 22.3 Å². The van der Waals surface area contributed by atoms with Crippen LogP contribution < -0.4 is 0 Å². The van der Waals surface area contributed by atoms with E-state index in [1.807, 2.05) is 36.4 Å². The maximum atomic E-state index is 5.16. The molecule has 0 aliphatic heterocycles. The van der Waals surface area contributed by atoms with Crippen LogP contribution in [0.15, 0.2) is 237 Å². The Morgan fingerprint density at radius 1 is 0.224 bits per heavy atom. The fraction of sp³-hybridized carbons (Fsp3) is 0.0156. The second kappa shape index (κ2) is 14.6. The molecule has 12 aromatic rings. The van der Waals surface area contributed by atoms with Crippen molar-refractivity contribution in [2.24, 2.45) is 0 Å². The van der Waals surface area contributed by atoms with Gasteiger partial charge in [-0.05, 0) is 111 Å². The molecule has 11 aromatic carbocycles. The van der Waals surface area contributed by atoms with Crippen molar-refractivity contribution in [1.29, 1.82) is 0 Å². The molecule has 0 radical (unpaired) electrons. The Balaban J connectivity index is 0.996. The van der Waals surface area contributed by atoms with Gasteiger partial charge in [0.05, 0.1) is 5.41 Å². The van der Waals surface area contributed by atoms with E-state index in [9.17, 15) is 0 Å². The molecule has 0 N–H and O–H groups in total. The third-order valence-electron chi connectivity index (χ3n) is 14.4. The number of benzene rings is 11. The Morgan fingerprint density at radius 3 is 1.09 bits per heavy atom. The lowest BCUT2D eigenvalue weighted by Crippen LogP contribution is -2.25. The lowest BCUT2D eigenvalue weighted by Gasteiger charge is -2.31. The third kappa shape index (κ3) is 5.43. The van der Waals surface area contributed by atoms with Gasteiger partial charge in [-0.1, -0.05) is 224 Å². The van der Waals surface area contributed by atoms with Gasteiger partial charge in [-0.25, -0.2) is 15.0 Å². The number of aromatic nitrogens is 3. The summed E-state index contributed by atoms with van der Waals surface area (Å²) in [4.78, 5) is 15.3. The van der Waals surface area contributed by atoms with Gasteiger partial charge >= 0.3 is 0 Å². The van der Waals surface area contributed by atoms with E-state index < -0.39 is 5.41 Å². The fourth-order valence-corrected chi connectivity index (χ4v) is 11.6. The SMILES string of the molecule is c1ccc(-c2nc(-c3ccccc3)nc(-c3ccc(-c4c5ccccc5c(-c5ccc6c(c5)C5(c7ccccc7-c7ccccc75)c5ccccc5-6)c5ccccc45)c4ccccc34)n2)cc1. The molecule has 1 aromatic heterocycles. The first kappa shape index (κ1) is 37.6. The molecule has 3 nitrogen and oxygen atoms in total. The quantitative estimate of drug-likeness (QED) is 0.162. The molecule has 1 spiro atoms. The van der Waals surface area contributed by atoms with Gasteiger partial charge in [0.25, 0.3) is 0 Å². The Bertz CT molecular complexity index is 3810.